The van der Waals surface area contributed by atoms with Crippen molar-refractivity contribution in [1.29, 1.82) is 0 Å². The van der Waals surface area contributed by atoms with Crippen LogP contribution in [0.1, 0.15) is 0 Å². The number of H-pyrrole nitrogens is 1. The van der Waals surface area contributed by atoms with Crippen molar-refractivity contribution in [1.82, 2.24) is 4.98 Å². The molecule has 0 aliphatic rings. The summed E-state index contributed by atoms with van der Waals surface area (Å²) in [6.07, 6.45) is 0. The molecule has 0 atom stereocenters. The highest BCUT2D eigenvalue weighted by Crippen LogP contribution is 2.41. The van der Waals surface area contributed by atoms with Gasteiger partial charge in [0, 0.05) is 36.5 Å². The Morgan fingerprint density at radius 1 is 0.429 bits per heavy atom. The molecule has 0 saturated heterocycles. The van der Waals surface area contributed by atoms with E-state index < -0.39 is 0 Å². The first-order valence-corrected chi connectivity index (χ1v) is 15.9. The summed E-state index contributed by atoms with van der Waals surface area (Å²) in [4.78, 5) is 3.85. The second-order valence-corrected chi connectivity index (χ2v) is 13.6. The molecule has 0 bridgehead atoms. The minimum atomic E-state index is 1.20. The number of hydrogen-bond donors (Lipinski definition) is 1. The molecule has 0 aliphatic carbocycles. The van der Waals surface area contributed by atoms with Gasteiger partial charge in [-0.05, 0) is 52.6 Å². The number of thiophene rings is 1. The first-order chi connectivity index (χ1) is 20.0. The fraction of sp³-hybridized carbons (Fsp3) is 0. The Morgan fingerprint density at radius 3 is 1.43 bits per heavy atom. The molecular formula is C30H29B10NS. The van der Waals surface area contributed by atoms with Gasteiger partial charge in [0.2, 0.25) is 0 Å². The summed E-state index contributed by atoms with van der Waals surface area (Å²) < 4.78 is 2.68. The molecule has 0 unspecified atom stereocenters. The van der Waals surface area contributed by atoms with E-state index in [1.54, 1.807) is 0 Å². The highest BCUT2D eigenvalue weighted by Gasteiger charge is 2.18. The van der Waals surface area contributed by atoms with E-state index in [1.165, 1.54) is 119 Å². The largest absolute Gasteiger partial charge is 0.354 e. The first-order valence-electron chi connectivity index (χ1n) is 15.0. The molecule has 0 radical (unpaired) electrons. The second kappa shape index (κ2) is 9.64. The number of nitrogens with one attached hydrogen (secondary N) is 1. The van der Waals surface area contributed by atoms with E-state index in [1.807, 2.05) is 11.3 Å². The van der Waals surface area contributed by atoms with Crippen molar-refractivity contribution in [3.63, 3.8) is 0 Å². The normalized spacial score (nSPS) is 11.8. The van der Waals surface area contributed by atoms with Crippen molar-refractivity contribution in [2.75, 3.05) is 0 Å². The Morgan fingerprint density at radius 2 is 0.881 bits per heavy atom. The molecule has 2 heterocycles. The lowest BCUT2D eigenvalue weighted by molar-refractivity contribution is 1.57. The SMILES string of the molecule is Bc1c(B)c(B)c(-c2ccc3[nH]c4c(ccc5sc6ccc(-c7c(B)c(B)c(B)c(B)c7B)cc6c54)c3c2)c(B)c1B. The van der Waals surface area contributed by atoms with Crippen molar-refractivity contribution in [3.8, 4) is 22.3 Å². The zero-order chi connectivity index (χ0) is 29.8. The molecule has 1 nitrogen and oxygen atoms in total. The van der Waals surface area contributed by atoms with Gasteiger partial charge in [-0.1, -0.05) is 40.1 Å². The Hall–Kier alpha value is -3.23. The van der Waals surface area contributed by atoms with Gasteiger partial charge in [0.1, 0.15) is 78.5 Å². The summed E-state index contributed by atoms with van der Waals surface area (Å²) >= 11 is 1.90. The summed E-state index contributed by atoms with van der Waals surface area (Å²) in [6, 6.07) is 18.7. The lowest BCUT2D eigenvalue weighted by atomic mass is 9.59. The van der Waals surface area contributed by atoms with Crippen LogP contribution in [0.2, 0.25) is 0 Å². The highest BCUT2D eigenvalue weighted by molar-refractivity contribution is 7.26. The third-order valence-electron chi connectivity index (χ3n) is 10.8. The topological polar surface area (TPSA) is 15.8 Å². The molecule has 42 heavy (non-hydrogen) atoms. The summed E-state index contributed by atoms with van der Waals surface area (Å²) in [5.74, 6) is 0. The molecule has 5 aromatic carbocycles. The first kappa shape index (κ1) is 27.6. The van der Waals surface area contributed by atoms with Crippen LogP contribution >= 0.6 is 11.3 Å². The standard InChI is InChI=1S/C30H29B10NS/c31-20-17(21(32)25(36)28(39)24(20)35)9-1-4-14-12(7-9)11-3-6-16-19(30(11)41-14)13-8-10(2-5-15(13)42-16)18-22(33)26(37)29(40)27(38)23(18)34/h1-8,41H,31-40H2. The maximum atomic E-state index is 3.85. The molecule has 7 rings (SSSR count). The number of rotatable bonds is 2. The number of aromatic amines is 1. The van der Waals surface area contributed by atoms with Gasteiger partial charge in [-0.25, -0.2) is 0 Å². The van der Waals surface area contributed by atoms with Crippen LogP contribution in [0.3, 0.4) is 0 Å². The van der Waals surface area contributed by atoms with Crippen LogP contribution < -0.4 is 54.6 Å². The van der Waals surface area contributed by atoms with Gasteiger partial charge in [-0.3, -0.25) is 0 Å². The molecule has 0 saturated carbocycles. The maximum Gasteiger partial charge on any atom is 0.139 e. The van der Waals surface area contributed by atoms with E-state index in [-0.39, 0.29) is 0 Å². The Balaban J connectivity index is 1.49. The number of aromatic nitrogens is 1. The maximum absolute atomic E-state index is 3.85. The molecule has 2 aromatic heterocycles. The molecule has 190 valence electrons. The van der Waals surface area contributed by atoms with E-state index in [4.69, 9.17) is 0 Å². The average molecular weight is 544 g/mol. The summed E-state index contributed by atoms with van der Waals surface area (Å²) in [7, 11) is 22.7. The molecular weight excluding hydrogens is 515 g/mol. The predicted molar refractivity (Wildman–Crippen MR) is 221 cm³/mol. The Bertz CT molecular complexity index is 2260. The van der Waals surface area contributed by atoms with Gasteiger partial charge < -0.3 is 4.98 Å². The van der Waals surface area contributed by atoms with Crippen molar-refractivity contribution >= 4 is 186 Å². The van der Waals surface area contributed by atoms with Gasteiger partial charge in [0.05, 0.1) is 5.52 Å². The zero-order valence-electron chi connectivity index (χ0n) is 26.5. The lowest BCUT2D eigenvalue weighted by Gasteiger charge is -2.20. The minimum absolute atomic E-state index is 1.20. The molecule has 7 aromatic rings. The second-order valence-electron chi connectivity index (χ2n) is 12.6. The monoisotopic (exact) mass is 545 g/mol. The van der Waals surface area contributed by atoms with E-state index in [2.05, 4.69) is 132 Å². The fourth-order valence-electron chi connectivity index (χ4n) is 7.41. The van der Waals surface area contributed by atoms with Crippen LogP contribution in [0.4, 0.5) is 0 Å². The van der Waals surface area contributed by atoms with Crippen LogP contribution in [0.5, 0.6) is 0 Å². The van der Waals surface area contributed by atoms with Gasteiger partial charge >= 0.3 is 0 Å². The van der Waals surface area contributed by atoms with Crippen LogP contribution in [-0.4, -0.2) is 83.4 Å². The van der Waals surface area contributed by atoms with E-state index in [0.29, 0.717) is 0 Å². The van der Waals surface area contributed by atoms with E-state index >= 15 is 0 Å². The minimum Gasteiger partial charge on any atom is -0.354 e. The summed E-state index contributed by atoms with van der Waals surface area (Å²) in [6.45, 7) is 0. The van der Waals surface area contributed by atoms with Crippen LogP contribution in [0, 0.1) is 0 Å². The summed E-state index contributed by atoms with van der Waals surface area (Å²) in [5, 5.41) is 5.29. The third kappa shape index (κ3) is 3.77. The Kier molecular flexibility index (Phi) is 6.34. The number of benzene rings is 5. The number of hydrogen-bond acceptors (Lipinski definition) is 1. The van der Waals surface area contributed by atoms with Gasteiger partial charge in [0.15, 0.2) is 0 Å². The van der Waals surface area contributed by atoms with Gasteiger partial charge in [0.25, 0.3) is 0 Å². The molecule has 0 aliphatic heterocycles. The van der Waals surface area contributed by atoms with Crippen LogP contribution in [0.15, 0.2) is 48.5 Å². The molecule has 0 spiro atoms. The smallest absolute Gasteiger partial charge is 0.139 e. The third-order valence-corrected chi connectivity index (χ3v) is 11.9. The number of fused-ring (bicyclic) bond motifs is 7. The van der Waals surface area contributed by atoms with Crippen LogP contribution in [0.25, 0.3) is 64.2 Å². The van der Waals surface area contributed by atoms with Crippen molar-refractivity contribution < 1.29 is 0 Å². The van der Waals surface area contributed by atoms with Crippen molar-refractivity contribution in [3.05, 3.63) is 48.5 Å². The average Bonchev–Trinajstić information content (AvgIpc) is 3.54. The highest BCUT2D eigenvalue weighted by atomic mass is 32.1. The van der Waals surface area contributed by atoms with Crippen LogP contribution in [-0.2, 0) is 0 Å². The Labute approximate surface area is 261 Å². The van der Waals surface area contributed by atoms with Gasteiger partial charge in [-0.2, -0.15) is 0 Å². The fourth-order valence-corrected chi connectivity index (χ4v) is 8.51. The van der Waals surface area contributed by atoms with Crippen molar-refractivity contribution in [2.24, 2.45) is 0 Å². The molecule has 12 heteroatoms. The zero-order valence-corrected chi connectivity index (χ0v) is 27.3. The molecule has 0 fully saturated rings. The molecule has 0 amide bonds. The molecule has 1 N–H and O–H groups in total. The van der Waals surface area contributed by atoms with Gasteiger partial charge in [-0.15, -0.1) is 44.1 Å². The van der Waals surface area contributed by atoms with Crippen molar-refractivity contribution in [2.45, 2.75) is 0 Å². The quantitative estimate of drug-likeness (QED) is 0.209. The summed E-state index contributed by atoms with van der Waals surface area (Å²) in [5.41, 5.74) is 21.8. The predicted octanol–water partition coefficient (Wildman–Crippen LogP) is -8.39. The van der Waals surface area contributed by atoms with E-state index in [0.717, 1.165) is 0 Å². The lowest BCUT2D eigenvalue weighted by Crippen LogP contribution is -2.55. The van der Waals surface area contributed by atoms with E-state index in [9.17, 15) is 0 Å².